The maximum absolute atomic E-state index is 10.8. The van der Waals surface area contributed by atoms with Crippen LogP contribution < -0.4 is 21.9 Å². The average Bonchev–Trinajstić information content (AvgIpc) is 1.62. The molecule has 6 aromatic rings. The predicted octanol–water partition coefficient (Wildman–Crippen LogP) is 14.3. The van der Waals surface area contributed by atoms with Crippen molar-refractivity contribution in [3.05, 3.63) is 23.6 Å². The number of H-pyrrole nitrogens is 1. The molecular weight excluding hydrogens is 1400 g/mol. The van der Waals surface area contributed by atoms with E-state index in [1.807, 2.05) is 27.9 Å². The van der Waals surface area contributed by atoms with Crippen molar-refractivity contribution in [2.45, 2.75) is 280 Å². The maximum atomic E-state index is 10.8. The van der Waals surface area contributed by atoms with Crippen molar-refractivity contribution in [3.63, 3.8) is 0 Å². The van der Waals surface area contributed by atoms with Crippen LogP contribution in [0.2, 0.25) is 33.2 Å². The molecule has 6 aliphatic rings. The quantitative estimate of drug-likeness (QED) is 0.00920. The second kappa shape index (κ2) is 34.0. The molecule has 3 saturated carbocycles. The lowest BCUT2D eigenvalue weighted by atomic mass is 10.1. The molecule has 3 aliphatic carbocycles. The summed E-state index contributed by atoms with van der Waals surface area (Å²) in [6, 6.07) is 0. The molecule has 9 heterocycles. The number of nitrogens with zero attached hydrogens (tertiary/aromatic N) is 11. The van der Waals surface area contributed by atoms with Gasteiger partial charge in [-0.15, -0.1) is 23.5 Å². The van der Waals surface area contributed by atoms with E-state index in [2.05, 4.69) is 153 Å². The lowest BCUT2D eigenvalue weighted by Gasteiger charge is -2.44. The second-order valence-corrected chi connectivity index (χ2v) is 43.2. The number of halogens is 1. The molecule has 0 unspecified atom stereocenters. The number of alkyl halides is 1. The van der Waals surface area contributed by atoms with Crippen molar-refractivity contribution in [1.82, 2.24) is 64.0 Å². The topological polar surface area (TPSA) is 345 Å². The molecule has 0 bridgehead atoms. The summed E-state index contributed by atoms with van der Waals surface area (Å²) in [4.78, 5) is 25.6. The molecule has 25 nitrogen and oxygen atoms in total. The summed E-state index contributed by atoms with van der Waals surface area (Å²) >= 11 is 12.2. The molecule has 3 saturated heterocycles. The number of fused-ring (bicyclic) bond motifs is 3. The van der Waals surface area contributed by atoms with E-state index >= 15 is 0 Å². The number of aliphatic hydroxyl groups excluding tert-OH is 1. The molecule has 96 heavy (non-hydrogen) atoms. The Morgan fingerprint density at radius 3 is 1.36 bits per heavy atom. The van der Waals surface area contributed by atoms with Gasteiger partial charge >= 0.3 is 10.3 Å². The van der Waals surface area contributed by atoms with E-state index in [4.69, 9.17) is 62.1 Å². The smallest absolute Gasteiger partial charge is 0.333 e. The number of aromatic nitrogens is 12. The van der Waals surface area contributed by atoms with Crippen molar-refractivity contribution >= 4 is 129 Å². The molecule has 0 aromatic carbocycles. The van der Waals surface area contributed by atoms with E-state index in [0.717, 1.165) is 65.1 Å². The van der Waals surface area contributed by atoms with Crippen LogP contribution in [0.5, 0.6) is 0 Å². The van der Waals surface area contributed by atoms with Gasteiger partial charge in [0.15, 0.2) is 35.6 Å². The van der Waals surface area contributed by atoms with Crippen LogP contribution in [0.1, 0.15) is 200 Å². The molecule has 0 spiro atoms. The van der Waals surface area contributed by atoms with Gasteiger partial charge in [-0.1, -0.05) is 139 Å². The molecule has 538 valence electrons. The standard InChI is InChI=1S/C24H41N5O2SSi.C20H35N5O2SSi.C14H20N6O5S2.C4H7Br.C2H6/c1-8-18-19(31-33(14(2)3,15(4)5)16(6)7)11-20(30-18)29-23-21(22(25)26-13-27-23)24(28-29)32-12-17-9-10-17;1-8-14-15(27-29(11(2)3,12(4)5)13(6)7)9-16(26-14)25-19-17(20(28)24-25)18(21)22-10-23-19;15-12-11-13(17-6-16-12)20(19-14(11)26-5-7-1-2-7)10-3-8(21)9(25-10)4-18-27(22,23)24;5-3-4-1-2-4;1-2/h13-20H,8-12H2,1-7H3,(H2,25,26,27);10-16H,8-9H2,1-7H3,(H,24,28)(H2,21,22,23);6-10,18,21H,1-5H2,(H2,15,16,17)(H,22,23,24);4H,1-3H2;1-2H3/t18-,19+,20-;14-,15+,16-;8-,9+,10+;;/m110../s1. The zero-order valence-electron chi connectivity index (χ0n) is 59.1. The van der Waals surface area contributed by atoms with Crippen LogP contribution in [0.3, 0.4) is 0 Å². The minimum atomic E-state index is -4.37. The van der Waals surface area contributed by atoms with Gasteiger partial charge in [0, 0.05) is 42.6 Å². The van der Waals surface area contributed by atoms with E-state index in [-0.39, 0.29) is 49.8 Å². The highest BCUT2D eigenvalue weighted by Gasteiger charge is 2.52. The highest BCUT2D eigenvalue weighted by molar-refractivity contribution is 9.09. The van der Waals surface area contributed by atoms with E-state index < -0.39 is 45.4 Å². The van der Waals surface area contributed by atoms with Gasteiger partial charge in [-0.25, -0.2) is 43.9 Å². The Labute approximate surface area is 592 Å². The number of aliphatic hydroxyl groups is 1. The Morgan fingerprint density at radius 2 is 0.990 bits per heavy atom. The Kier molecular flexibility index (Phi) is 27.7. The van der Waals surface area contributed by atoms with Crippen LogP contribution in [0.25, 0.3) is 33.1 Å². The van der Waals surface area contributed by atoms with E-state index in [1.165, 1.54) is 62.8 Å². The number of nitrogens with two attached hydrogens (primary N) is 3. The number of rotatable bonds is 25. The van der Waals surface area contributed by atoms with Crippen LogP contribution in [0.15, 0.2) is 29.0 Å². The molecule has 3 aliphatic heterocycles. The Balaban J connectivity index is 0.000000176. The highest BCUT2D eigenvalue weighted by atomic mass is 79.9. The Hall–Kier alpha value is -3.49. The van der Waals surface area contributed by atoms with E-state index in [9.17, 15) is 13.5 Å². The van der Waals surface area contributed by atoms with Gasteiger partial charge in [-0.3, -0.25) is 9.65 Å². The van der Waals surface area contributed by atoms with Crippen molar-refractivity contribution in [3.8, 4) is 0 Å². The minimum absolute atomic E-state index is 0.0433. The number of hydrogen-bond acceptors (Lipinski definition) is 22. The van der Waals surface area contributed by atoms with Gasteiger partial charge in [0.05, 0.1) is 52.8 Å². The first kappa shape index (κ1) is 78.2. The normalized spacial score (nSPS) is 23.9. The van der Waals surface area contributed by atoms with Crippen LogP contribution in [-0.4, -0.2) is 154 Å². The number of nitrogens with one attached hydrogen (secondary N) is 2. The number of aromatic amines is 1. The summed E-state index contributed by atoms with van der Waals surface area (Å²) in [6.07, 6.45) is 13.3. The largest absolute Gasteiger partial charge is 0.410 e. The molecule has 9 atom stereocenters. The number of ether oxygens (including phenoxy) is 3. The Bertz CT molecular complexity index is 3620. The van der Waals surface area contributed by atoms with Crippen LogP contribution in [-0.2, 0) is 33.4 Å². The number of thioether (sulfide) groups is 2. The Morgan fingerprint density at radius 1 is 0.615 bits per heavy atom. The molecule has 6 aromatic heterocycles. The molecular formula is C64H109BrN16O9S4Si2. The lowest BCUT2D eigenvalue weighted by Crippen LogP contribution is -2.51. The summed E-state index contributed by atoms with van der Waals surface area (Å²) in [5, 5.41) is 28.0. The summed E-state index contributed by atoms with van der Waals surface area (Å²) in [6.45, 7) is 36.0. The first-order valence-electron chi connectivity index (χ1n) is 34.8. The third-order valence-electron chi connectivity index (χ3n) is 19.5. The van der Waals surface area contributed by atoms with Gasteiger partial charge in [-0.2, -0.15) is 23.3 Å². The molecule has 0 radical (unpaired) electrons. The summed E-state index contributed by atoms with van der Waals surface area (Å²) < 4.78 is 71.4. The maximum Gasteiger partial charge on any atom is 0.333 e. The van der Waals surface area contributed by atoms with Gasteiger partial charge in [-0.05, 0) is 102 Å². The van der Waals surface area contributed by atoms with Crippen molar-refractivity contribution < 1.29 is 41.1 Å². The van der Waals surface area contributed by atoms with Crippen molar-refractivity contribution in [2.24, 2.45) is 17.8 Å². The van der Waals surface area contributed by atoms with Crippen LogP contribution in [0, 0.1) is 22.4 Å². The van der Waals surface area contributed by atoms with Crippen molar-refractivity contribution in [1.29, 1.82) is 0 Å². The fourth-order valence-electron chi connectivity index (χ4n) is 14.2. The summed E-state index contributed by atoms with van der Waals surface area (Å²) in [5.41, 5.74) is 23.5. The SMILES string of the molecule is BrCC1CC1.CC.CC[C@H]1O[C@@H](n2[nH]c(=S)c3c(N)ncnc32)C[C@@H]1O[Si](C(C)C)(C(C)C)C(C)C.CC[C@H]1O[C@@H](n2nc(SCC3CC3)c3c(N)ncnc32)C[C@@H]1O[Si](C(C)C)(C(C)C)C(C)C.Nc1ncnc2c1c(SCC1CC1)nn2[C@H]1C[C@H](O)[C@@H](CNS(=O)(=O)O)O1. The van der Waals surface area contributed by atoms with Gasteiger partial charge < -0.3 is 45.4 Å². The average molecular weight is 1510 g/mol. The zero-order valence-corrected chi connectivity index (χ0v) is 66.0. The minimum Gasteiger partial charge on any atom is -0.410 e. The van der Waals surface area contributed by atoms with Gasteiger partial charge in [0.25, 0.3) is 0 Å². The second-order valence-electron chi connectivity index (χ2n) is 28.0. The first-order chi connectivity index (χ1) is 45.6. The number of hydrogen-bond donors (Lipinski definition) is 7. The van der Waals surface area contributed by atoms with Crippen molar-refractivity contribution in [2.75, 3.05) is 40.6 Å². The van der Waals surface area contributed by atoms with Gasteiger partial charge in [0.1, 0.15) is 51.1 Å². The van der Waals surface area contributed by atoms with Crippen LogP contribution >= 0.6 is 51.7 Å². The zero-order chi connectivity index (χ0) is 70.3. The highest BCUT2D eigenvalue weighted by Crippen LogP contribution is 2.49. The van der Waals surface area contributed by atoms with E-state index in [1.54, 1.807) is 28.2 Å². The molecule has 32 heteroatoms. The number of anilines is 3. The first-order valence-corrected chi connectivity index (χ1v) is 44.0. The number of nitrogen functional groups attached to an aromatic ring is 3. The summed E-state index contributed by atoms with van der Waals surface area (Å²) in [5.74, 6) is 5.76. The van der Waals surface area contributed by atoms with E-state index in [0.29, 0.717) is 88.4 Å². The molecule has 12 rings (SSSR count). The molecule has 10 N–H and O–H groups in total. The molecule has 0 amide bonds. The predicted molar refractivity (Wildman–Crippen MR) is 395 cm³/mol. The van der Waals surface area contributed by atoms with Gasteiger partial charge in [0.2, 0.25) is 16.6 Å². The van der Waals surface area contributed by atoms with Crippen LogP contribution in [0.4, 0.5) is 17.5 Å². The fraction of sp³-hybridized carbons (Fsp3) is 0.766. The lowest BCUT2D eigenvalue weighted by molar-refractivity contribution is -0.0222. The monoisotopic (exact) mass is 1510 g/mol. The third-order valence-corrected chi connectivity index (χ3v) is 35.9. The fourth-order valence-corrected chi connectivity index (χ4v) is 29.2. The summed E-state index contributed by atoms with van der Waals surface area (Å²) in [7, 11) is -8.39. The molecule has 6 fully saturated rings. The third kappa shape index (κ3) is 18.2.